The van der Waals surface area contributed by atoms with Crippen LogP contribution >= 0.6 is 0 Å². The summed E-state index contributed by atoms with van der Waals surface area (Å²) in [7, 11) is 3.23. The van der Waals surface area contributed by atoms with Crippen molar-refractivity contribution in [3.05, 3.63) is 101 Å². The largest absolute Gasteiger partial charge is 0.497 e. The molecule has 4 aromatic rings. The van der Waals surface area contributed by atoms with Crippen molar-refractivity contribution in [3.63, 3.8) is 0 Å². The lowest BCUT2D eigenvalue weighted by Crippen LogP contribution is -2.33. The molecule has 0 saturated carbocycles. The molecule has 0 aliphatic carbocycles. The summed E-state index contributed by atoms with van der Waals surface area (Å²) in [4.78, 5) is 15.8. The molecule has 0 atom stereocenters. The van der Waals surface area contributed by atoms with Crippen LogP contribution in [0.2, 0.25) is 0 Å². The molecule has 7 nitrogen and oxygen atoms in total. The number of hydrogen-bond acceptors (Lipinski definition) is 5. The van der Waals surface area contributed by atoms with Crippen LogP contribution in [0.4, 0.5) is 5.69 Å². The highest BCUT2D eigenvalue weighted by Crippen LogP contribution is 2.46. The lowest BCUT2D eigenvalue weighted by atomic mass is 9.78. The van der Waals surface area contributed by atoms with Crippen molar-refractivity contribution in [3.8, 4) is 28.8 Å². The molecule has 0 unspecified atom stereocenters. The van der Waals surface area contributed by atoms with Crippen LogP contribution in [0.1, 0.15) is 22.4 Å². The van der Waals surface area contributed by atoms with Gasteiger partial charge in [-0.05, 0) is 65.2 Å². The van der Waals surface area contributed by atoms with E-state index in [1.54, 1.807) is 20.3 Å². The standard InChI is InChI=1S/C28H23N3O4/c1-33-22-9-4-19(5-10-22)28(20-6-11-23(34-2)12-7-20)24-15-18(25-14-8-21(16-29)30-25)3-13-26(24)31-27(32)17-35-28/h3-15,30H,17H2,1-2H3,(H,31,32). The van der Waals surface area contributed by atoms with Gasteiger partial charge in [-0.2, -0.15) is 5.26 Å². The Balaban J connectivity index is 1.79. The number of ether oxygens (including phenoxy) is 3. The molecular formula is C28H23N3O4. The number of rotatable bonds is 5. The van der Waals surface area contributed by atoms with E-state index in [0.717, 1.165) is 27.9 Å². The van der Waals surface area contributed by atoms with Crippen LogP contribution in [0, 0.1) is 11.3 Å². The van der Waals surface area contributed by atoms with Crippen molar-refractivity contribution >= 4 is 11.6 Å². The van der Waals surface area contributed by atoms with Crippen LogP contribution in [0.3, 0.4) is 0 Å². The summed E-state index contributed by atoms with van der Waals surface area (Å²) in [5.41, 5.74) is 4.10. The van der Waals surface area contributed by atoms with Gasteiger partial charge >= 0.3 is 0 Å². The topological polar surface area (TPSA) is 96.4 Å². The van der Waals surface area contributed by atoms with Gasteiger partial charge in [0, 0.05) is 16.9 Å². The molecule has 2 N–H and O–H groups in total. The SMILES string of the molecule is COc1ccc(C2(c3ccc(OC)cc3)OCC(=O)Nc3ccc(-c4ccc(C#N)[nH]4)cc32)cc1. The number of fused-ring (bicyclic) bond motifs is 1. The summed E-state index contributed by atoms with van der Waals surface area (Å²) in [6, 6.07) is 26.7. The van der Waals surface area contributed by atoms with Crippen LogP contribution in [0.5, 0.6) is 11.5 Å². The van der Waals surface area contributed by atoms with Gasteiger partial charge in [-0.15, -0.1) is 0 Å². The number of hydrogen-bond donors (Lipinski definition) is 2. The first-order chi connectivity index (χ1) is 17.1. The maximum atomic E-state index is 12.7. The van der Waals surface area contributed by atoms with E-state index in [1.807, 2.05) is 72.8 Å². The molecule has 1 aliphatic rings. The van der Waals surface area contributed by atoms with E-state index in [1.165, 1.54) is 0 Å². The average molecular weight is 466 g/mol. The van der Waals surface area contributed by atoms with Crippen LogP contribution in [0.25, 0.3) is 11.3 Å². The van der Waals surface area contributed by atoms with Gasteiger partial charge in [-0.1, -0.05) is 30.3 Å². The third kappa shape index (κ3) is 3.90. The molecule has 1 aliphatic heterocycles. The van der Waals surface area contributed by atoms with Gasteiger partial charge < -0.3 is 24.5 Å². The van der Waals surface area contributed by atoms with Crippen molar-refractivity contribution < 1.29 is 19.0 Å². The number of amides is 1. The Hall–Kier alpha value is -4.54. The van der Waals surface area contributed by atoms with Crippen LogP contribution in [0.15, 0.2) is 78.9 Å². The number of nitrogens with zero attached hydrogens (tertiary/aromatic N) is 1. The lowest BCUT2D eigenvalue weighted by molar-refractivity contribution is -0.123. The normalized spacial score (nSPS) is 14.3. The fourth-order valence-electron chi connectivity index (χ4n) is 4.47. The number of H-pyrrole nitrogens is 1. The van der Waals surface area contributed by atoms with Crippen molar-refractivity contribution in [2.24, 2.45) is 0 Å². The number of anilines is 1. The summed E-state index contributed by atoms with van der Waals surface area (Å²) in [6.45, 7) is -0.136. The number of nitriles is 1. The van der Waals surface area contributed by atoms with Gasteiger partial charge in [0.2, 0.25) is 5.91 Å². The second-order valence-electron chi connectivity index (χ2n) is 8.13. The average Bonchev–Trinajstić information content (AvgIpc) is 3.34. The molecule has 2 heterocycles. The smallest absolute Gasteiger partial charge is 0.250 e. The molecule has 0 radical (unpaired) electrons. The number of nitrogens with one attached hydrogen (secondary N) is 2. The summed E-state index contributed by atoms with van der Waals surface area (Å²) in [5, 5.41) is 12.2. The summed E-state index contributed by atoms with van der Waals surface area (Å²) >= 11 is 0. The molecular weight excluding hydrogens is 442 g/mol. The number of benzene rings is 3. The Morgan fingerprint density at radius 1 is 0.886 bits per heavy atom. The monoisotopic (exact) mass is 465 g/mol. The zero-order valence-corrected chi connectivity index (χ0v) is 19.3. The number of carbonyl (C=O) groups excluding carboxylic acids is 1. The molecule has 35 heavy (non-hydrogen) atoms. The van der Waals surface area contributed by atoms with Gasteiger partial charge in [0.1, 0.15) is 35.5 Å². The third-order valence-corrected chi connectivity index (χ3v) is 6.20. The van der Waals surface area contributed by atoms with E-state index in [4.69, 9.17) is 14.2 Å². The third-order valence-electron chi connectivity index (χ3n) is 6.20. The quantitative estimate of drug-likeness (QED) is 0.440. The van der Waals surface area contributed by atoms with E-state index < -0.39 is 5.60 Å². The number of methoxy groups -OCH3 is 2. The zero-order valence-electron chi connectivity index (χ0n) is 19.3. The molecule has 0 fully saturated rings. The zero-order chi connectivity index (χ0) is 24.4. The van der Waals surface area contributed by atoms with Crippen LogP contribution in [-0.4, -0.2) is 31.7 Å². The second-order valence-corrected chi connectivity index (χ2v) is 8.13. The van der Waals surface area contributed by atoms with E-state index >= 15 is 0 Å². The van der Waals surface area contributed by atoms with Crippen molar-refractivity contribution in [1.29, 1.82) is 5.26 Å². The molecule has 174 valence electrons. The highest BCUT2D eigenvalue weighted by molar-refractivity contribution is 5.94. The van der Waals surface area contributed by atoms with E-state index in [2.05, 4.69) is 16.4 Å². The molecule has 3 aromatic carbocycles. The molecule has 0 bridgehead atoms. The Labute approximate surface area is 202 Å². The molecule has 1 aromatic heterocycles. The maximum Gasteiger partial charge on any atom is 0.250 e. The van der Waals surface area contributed by atoms with Crippen LogP contribution in [-0.2, 0) is 15.1 Å². The predicted molar refractivity (Wildman–Crippen MR) is 131 cm³/mol. The second kappa shape index (κ2) is 9.01. The Bertz CT molecular complexity index is 1370. The molecule has 5 rings (SSSR count). The summed E-state index contributed by atoms with van der Waals surface area (Å²) in [6.07, 6.45) is 0. The number of aromatic amines is 1. The minimum atomic E-state index is -1.10. The Morgan fingerprint density at radius 3 is 2.06 bits per heavy atom. The van der Waals surface area contributed by atoms with Gasteiger partial charge in [0.15, 0.2) is 0 Å². The first-order valence-corrected chi connectivity index (χ1v) is 11.0. The first-order valence-electron chi connectivity index (χ1n) is 11.0. The van der Waals surface area contributed by atoms with E-state index in [9.17, 15) is 10.1 Å². The van der Waals surface area contributed by atoms with E-state index in [0.29, 0.717) is 22.9 Å². The van der Waals surface area contributed by atoms with Crippen molar-refractivity contribution in [1.82, 2.24) is 4.98 Å². The van der Waals surface area contributed by atoms with Gasteiger partial charge in [0.25, 0.3) is 0 Å². The Morgan fingerprint density at radius 2 is 1.51 bits per heavy atom. The minimum Gasteiger partial charge on any atom is -0.497 e. The van der Waals surface area contributed by atoms with E-state index in [-0.39, 0.29) is 12.5 Å². The molecule has 7 heteroatoms. The first kappa shape index (κ1) is 22.3. The predicted octanol–water partition coefficient (Wildman–Crippen LogP) is 4.83. The van der Waals surface area contributed by atoms with Crippen LogP contribution < -0.4 is 14.8 Å². The maximum absolute atomic E-state index is 12.7. The lowest BCUT2D eigenvalue weighted by Gasteiger charge is -2.35. The highest BCUT2D eigenvalue weighted by Gasteiger charge is 2.42. The minimum absolute atomic E-state index is 0.136. The number of carbonyl (C=O) groups is 1. The highest BCUT2D eigenvalue weighted by atomic mass is 16.5. The van der Waals surface area contributed by atoms with Gasteiger partial charge in [-0.3, -0.25) is 4.79 Å². The molecule has 0 spiro atoms. The van der Waals surface area contributed by atoms with Gasteiger partial charge in [-0.25, -0.2) is 0 Å². The molecule has 0 saturated heterocycles. The van der Waals surface area contributed by atoms with Crippen molar-refractivity contribution in [2.75, 3.05) is 26.1 Å². The fourth-order valence-corrected chi connectivity index (χ4v) is 4.47. The van der Waals surface area contributed by atoms with Crippen molar-refractivity contribution in [2.45, 2.75) is 5.60 Å². The Kier molecular flexibility index (Phi) is 5.73. The fraction of sp³-hybridized carbons (Fsp3) is 0.143. The molecule has 1 amide bonds. The van der Waals surface area contributed by atoms with Gasteiger partial charge in [0.05, 0.1) is 14.2 Å². The summed E-state index contributed by atoms with van der Waals surface area (Å²) in [5.74, 6) is 1.19. The summed E-state index contributed by atoms with van der Waals surface area (Å²) < 4.78 is 17.3. The number of aromatic nitrogens is 1.